The van der Waals surface area contributed by atoms with E-state index in [0.29, 0.717) is 36.0 Å². The Labute approximate surface area is 244 Å². The number of cyclic esters (lactones) is 1. The molecule has 4 N–H and O–H groups in total. The smallest absolute Gasteiger partial charge is 0.309 e. The summed E-state index contributed by atoms with van der Waals surface area (Å²) >= 11 is 0. The number of ketones is 2. The molecule has 41 heavy (non-hydrogen) atoms. The van der Waals surface area contributed by atoms with Gasteiger partial charge in [0.2, 0.25) is 0 Å². The van der Waals surface area contributed by atoms with Crippen LogP contribution in [0.3, 0.4) is 0 Å². The third-order valence-corrected chi connectivity index (χ3v) is 8.18. The predicted octanol–water partition coefficient (Wildman–Crippen LogP) is 4.85. The lowest BCUT2D eigenvalue weighted by Crippen LogP contribution is -2.39. The maximum absolute atomic E-state index is 13.1. The van der Waals surface area contributed by atoms with E-state index in [9.17, 15) is 34.8 Å². The number of hydrogen-bond acceptors (Lipinski definition) is 8. The van der Waals surface area contributed by atoms with Crippen molar-refractivity contribution in [2.24, 2.45) is 23.7 Å². The van der Waals surface area contributed by atoms with Gasteiger partial charge in [0, 0.05) is 25.2 Å². The molecule has 2 bridgehead atoms. The van der Waals surface area contributed by atoms with Crippen molar-refractivity contribution in [3.63, 3.8) is 0 Å². The van der Waals surface area contributed by atoms with Crippen LogP contribution in [-0.4, -0.2) is 62.4 Å². The second-order valence-electron chi connectivity index (χ2n) is 11.7. The van der Waals surface area contributed by atoms with E-state index >= 15 is 0 Å². The summed E-state index contributed by atoms with van der Waals surface area (Å²) in [5.74, 6) is -3.03. The lowest BCUT2D eigenvalue weighted by molar-refractivity contribution is -0.157. The first kappa shape index (κ1) is 34.4. The summed E-state index contributed by atoms with van der Waals surface area (Å²) < 4.78 is 5.84. The van der Waals surface area contributed by atoms with Crippen molar-refractivity contribution in [2.45, 2.75) is 104 Å². The van der Waals surface area contributed by atoms with Crippen molar-refractivity contribution in [3.05, 3.63) is 58.9 Å². The number of carbonyl (C=O) groups excluding carboxylic acids is 3. The standard InChI is InChI=1S/C33H48O8/c1-7-8-24(34)12-10-21(4)33-23(6)29(37)18-25(35)13-15-27-31(39)22(5)26(32(27)40)14-9-19(2)17-28(36)20(3)11-16-30(38)41-33/h9,11,13-15,17,21,23,25-29,33,35-37,39H,7-8,10,12,16,18H2,1-6H3/b14-9+,15-13-,19-17+,20-11+. The lowest BCUT2D eigenvalue weighted by Gasteiger charge is -2.32. The van der Waals surface area contributed by atoms with Gasteiger partial charge in [-0.3, -0.25) is 14.4 Å². The van der Waals surface area contributed by atoms with Crippen LogP contribution in [0.2, 0.25) is 0 Å². The molecule has 228 valence electrons. The highest BCUT2D eigenvalue weighted by Gasteiger charge is 2.37. The summed E-state index contributed by atoms with van der Waals surface area (Å²) in [6.07, 6.45) is 7.51. The van der Waals surface area contributed by atoms with Crippen molar-refractivity contribution in [1.29, 1.82) is 0 Å². The number of carbonyl (C=O) groups is 3. The first-order valence-electron chi connectivity index (χ1n) is 14.7. The van der Waals surface area contributed by atoms with E-state index in [4.69, 9.17) is 4.74 Å². The monoisotopic (exact) mass is 572 g/mol. The second-order valence-corrected chi connectivity index (χ2v) is 11.7. The molecule has 0 fully saturated rings. The van der Waals surface area contributed by atoms with Crippen LogP contribution in [0.5, 0.6) is 0 Å². The van der Waals surface area contributed by atoms with Gasteiger partial charge in [0.1, 0.15) is 17.6 Å². The van der Waals surface area contributed by atoms with Crippen LogP contribution < -0.4 is 0 Å². The number of rotatable bonds is 6. The van der Waals surface area contributed by atoms with E-state index in [2.05, 4.69) is 0 Å². The Kier molecular flexibility index (Phi) is 13.4. The Morgan fingerprint density at radius 3 is 2.39 bits per heavy atom. The van der Waals surface area contributed by atoms with Gasteiger partial charge in [-0.2, -0.15) is 0 Å². The Hall–Kier alpha value is -2.81. The normalized spacial score (nSPS) is 35.5. The SMILES string of the molecule is CCCC(=O)CCC(C)C1OC(=O)C/C=C(\C)C(O)/C=C(C)/C=C/C2C(=O)C(/C=C\C(O)CC(O)C1C)C(O)=C2C. The minimum Gasteiger partial charge on any atom is -0.511 e. The van der Waals surface area contributed by atoms with Gasteiger partial charge in [-0.05, 0) is 56.8 Å². The fourth-order valence-electron chi connectivity index (χ4n) is 5.32. The highest BCUT2D eigenvalue weighted by Crippen LogP contribution is 2.34. The maximum atomic E-state index is 13.1. The Morgan fingerprint density at radius 1 is 1.05 bits per heavy atom. The van der Waals surface area contributed by atoms with Crippen molar-refractivity contribution in [3.8, 4) is 0 Å². The minimum absolute atomic E-state index is 0.0632. The van der Waals surface area contributed by atoms with Crippen molar-refractivity contribution >= 4 is 17.5 Å². The predicted molar refractivity (Wildman–Crippen MR) is 158 cm³/mol. The molecule has 0 saturated heterocycles. The van der Waals surface area contributed by atoms with Crippen LogP contribution in [0.15, 0.2) is 58.9 Å². The molecular formula is C33H48O8. The van der Waals surface area contributed by atoms with Gasteiger partial charge in [-0.15, -0.1) is 0 Å². The number of allylic oxidation sites excluding steroid dienone is 5. The molecule has 0 saturated carbocycles. The van der Waals surface area contributed by atoms with E-state index in [1.165, 1.54) is 12.2 Å². The van der Waals surface area contributed by atoms with Crippen LogP contribution >= 0.6 is 0 Å². The number of hydrogen-bond donors (Lipinski definition) is 4. The second kappa shape index (κ2) is 16.0. The fourth-order valence-corrected chi connectivity index (χ4v) is 5.32. The number of fused-ring (bicyclic) bond motifs is 2. The summed E-state index contributed by atoms with van der Waals surface area (Å²) in [4.78, 5) is 38.1. The Balaban J connectivity index is 2.40. The molecule has 0 aromatic carbocycles. The molecule has 1 aliphatic carbocycles. The van der Waals surface area contributed by atoms with E-state index in [-0.39, 0.29) is 36.1 Å². The minimum atomic E-state index is -1.11. The van der Waals surface area contributed by atoms with E-state index in [1.54, 1.807) is 52.0 Å². The molecule has 8 nitrogen and oxygen atoms in total. The van der Waals surface area contributed by atoms with E-state index in [0.717, 1.165) is 6.42 Å². The topological polar surface area (TPSA) is 141 Å². The Morgan fingerprint density at radius 2 is 1.73 bits per heavy atom. The Bertz CT molecular complexity index is 1090. The molecule has 0 radical (unpaired) electrons. The molecule has 2 rings (SSSR count). The summed E-state index contributed by atoms with van der Waals surface area (Å²) in [5.41, 5.74) is 1.77. The third kappa shape index (κ3) is 9.90. The van der Waals surface area contributed by atoms with Gasteiger partial charge >= 0.3 is 5.97 Å². The fraction of sp³-hybridized carbons (Fsp3) is 0.606. The quantitative estimate of drug-likeness (QED) is 0.262. The molecule has 1 heterocycles. The highest BCUT2D eigenvalue weighted by atomic mass is 16.5. The third-order valence-electron chi connectivity index (χ3n) is 8.18. The van der Waals surface area contributed by atoms with Gasteiger partial charge in [-0.25, -0.2) is 0 Å². The first-order valence-corrected chi connectivity index (χ1v) is 14.7. The molecule has 2 aliphatic rings. The summed E-state index contributed by atoms with van der Waals surface area (Å²) in [5, 5.41) is 42.9. The highest BCUT2D eigenvalue weighted by molar-refractivity contribution is 5.94. The van der Waals surface area contributed by atoms with E-state index in [1.807, 2.05) is 13.8 Å². The van der Waals surface area contributed by atoms with E-state index < -0.39 is 48.1 Å². The van der Waals surface area contributed by atoms with Crippen LogP contribution in [0.25, 0.3) is 0 Å². The molecule has 8 heteroatoms. The zero-order chi connectivity index (χ0) is 30.9. The number of aliphatic hydroxyl groups excluding tert-OH is 4. The lowest BCUT2D eigenvalue weighted by atomic mass is 9.84. The van der Waals surface area contributed by atoms with Crippen LogP contribution in [0.4, 0.5) is 0 Å². The average molecular weight is 573 g/mol. The van der Waals surface area contributed by atoms with Crippen molar-refractivity contribution in [1.82, 2.24) is 0 Å². The number of aliphatic hydroxyl groups is 4. The van der Waals surface area contributed by atoms with Gasteiger partial charge < -0.3 is 25.2 Å². The number of ether oxygens (including phenoxy) is 1. The summed E-state index contributed by atoms with van der Waals surface area (Å²) in [6.45, 7) is 10.7. The first-order chi connectivity index (χ1) is 19.3. The summed E-state index contributed by atoms with van der Waals surface area (Å²) in [6, 6.07) is 0. The molecule has 8 unspecified atom stereocenters. The molecule has 0 amide bonds. The zero-order valence-electron chi connectivity index (χ0n) is 25.2. The van der Waals surface area contributed by atoms with Gasteiger partial charge in [0.25, 0.3) is 0 Å². The van der Waals surface area contributed by atoms with Crippen LogP contribution in [-0.2, 0) is 19.1 Å². The average Bonchev–Trinajstić information content (AvgIpc) is 3.12. The van der Waals surface area contributed by atoms with Gasteiger partial charge in [-0.1, -0.05) is 56.7 Å². The molecule has 1 aliphatic heterocycles. The number of Topliss-reactive ketones (excluding diaryl/α,β-unsaturated/α-hetero) is 2. The van der Waals surface area contributed by atoms with Crippen LogP contribution in [0, 0.1) is 23.7 Å². The van der Waals surface area contributed by atoms with Crippen LogP contribution in [0.1, 0.15) is 80.1 Å². The molecule has 0 aromatic rings. The largest absolute Gasteiger partial charge is 0.511 e. The number of esters is 1. The van der Waals surface area contributed by atoms with Crippen molar-refractivity contribution in [2.75, 3.05) is 0 Å². The molecular weight excluding hydrogens is 524 g/mol. The maximum Gasteiger partial charge on any atom is 0.309 e. The van der Waals surface area contributed by atoms with Gasteiger partial charge in [0.05, 0.1) is 36.6 Å². The molecule has 0 spiro atoms. The molecule has 0 aromatic heterocycles. The summed E-state index contributed by atoms with van der Waals surface area (Å²) in [7, 11) is 0. The molecule has 8 atom stereocenters. The zero-order valence-corrected chi connectivity index (χ0v) is 25.2. The van der Waals surface area contributed by atoms with Gasteiger partial charge in [0.15, 0.2) is 5.78 Å². The van der Waals surface area contributed by atoms with Crippen molar-refractivity contribution < 1.29 is 39.5 Å².